The number of anilines is 2. The monoisotopic (exact) mass is 391 g/mol. The number of fused-ring (bicyclic) bond motifs is 1. The average molecular weight is 391 g/mol. The summed E-state index contributed by atoms with van der Waals surface area (Å²) < 4.78 is 0. The van der Waals surface area contributed by atoms with Gasteiger partial charge in [0.1, 0.15) is 11.4 Å². The molecule has 0 atom stereocenters. The van der Waals surface area contributed by atoms with E-state index in [0.29, 0.717) is 22.6 Å². The van der Waals surface area contributed by atoms with Crippen molar-refractivity contribution in [2.45, 2.75) is 13.8 Å². The fraction of sp³-hybridized carbons (Fsp3) is 0.381. The minimum absolute atomic E-state index is 0.172. The van der Waals surface area contributed by atoms with Crippen molar-refractivity contribution in [3.05, 3.63) is 40.3 Å². The number of pyridine rings is 1. The zero-order valence-electron chi connectivity index (χ0n) is 16.9. The first kappa shape index (κ1) is 17.8. The van der Waals surface area contributed by atoms with E-state index in [-0.39, 0.29) is 5.56 Å². The third kappa shape index (κ3) is 2.70. The lowest BCUT2D eigenvalue weighted by molar-refractivity contribution is 0.0283. The number of amidine groups is 1. The van der Waals surface area contributed by atoms with Gasteiger partial charge in [-0.15, -0.1) is 0 Å². The molecule has 0 amide bonds. The van der Waals surface area contributed by atoms with Crippen LogP contribution >= 0.6 is 0 Å². The van der Waals surface area contributed by atoms with Crippen LogP contribution in [0.4, 0.5) is 11.4 Å². The number of benzene rings is 1. The number of H-pyrrole nitrogens is 2. The van der Waals surface area contributed by atoms with Crippen molar-refractivity contribution in [3.8, 4) is 11.4 Å². The van der Waals surface area contributed by atoms with E-state index in [2.05, 4.69) is 44.1 Å². The number of likely N-dealkylation sites (tertiary alicyclic amines) is 1. The van der Waals surface area contributed by atoms with E-state index in [1.807, 2.05) is 13.0 Å². The molecule has 1 spiro atoms. The minimum atomic E-state index is -0.172. The van der Waals surface area contributed by atoms with Crippen LogP contribution in [0.5, 0.6) is 0 Å². The Morgan fingerprint density at radius 2 is 2.03 bits per heavy atom. The van der Waals surface area contributed by atoms with Gasteiger partial charge in [0, 0.05) is 50.5 Å². The second-order valence-corrected chi connectivity index (χ2v) is 8.39. The van der Waals surface area contributed by atoms with Crippen LogP contribution in [-0.4, -0.2) is 58.9 Å². The number of aromatic amines is 2. The summed E-state index contributed by atoms with van der Waals surface area (Å²) in [6, 6.07) is 6.13. The molecule has 2 saturated heterocycles. The van der Waals surface area contributed by atoms with Crippen molar-refractivity contribution in [2.24, 2.45) is 5.41 Å². The summed E-state index contributed by atoms with van der Waals surface area (Å²) in [6.07, 6.45) is 1.63. The number of aromatic nitrogens is 3. The maximum Gasteiger partial charge on any atom is 0.261 e. The molecule has 4 N–H and O–H groups in total. The number of imidazole rings is 1. The van der Waals surface area contributed by atoms with Crippen molar-refractivity contribution in [1.82, 2.24) is 19.9 Å². The summed E-state index contributed by atoms with van der Waals surface area (Å²) in [4.78, 5) is 27.7. The number of aryl methyl sites for hydroxylation is 1. The van der Waals surface area contributed by atoms with Crippen LogP contribution in [0.1, 0.15) is 12.5 Å². The van der Waals surface area contributed by atoms with Gasteiger partial charge in [-0.1, -0.05) is 0 Å². The molecule has 2 fully saturated rings. The predicted molar refractivity (Wildman–Crippen MR) is 116 cm³/mol. The molecule has 4 heterocycles. The van der Waals surface area contributed by atoms with Crippen molar-refractivity contribution in [2.75, 3.05) is 43.4 Å². The SMILES string of the molecule is CNc1cc[nH]c(=O)c1-c1nc2c(C)cc(N3CC4(CN(C(C)=N)C4)C3)cc2[nH]1. The second kappa shape index (κ2) is 6.10. The zero-order valence-corrected chi connectivity index (χ0v) is 16.9. The van der Waals surface area contributed by atoms with Crippen molar-refractivity contribution < 1.29 is 0 Å². The molecule has 1 aromatic carbocycles. The fourth-order valence-corrected chi connectivity index (χ4v) is 4.64. The van der Waals surface area contributed by atoms with Gasteiger partial charge in [-0.2, -0.15) is 0 Å². The Labute approximate surface area is 168 Å². The molecule has 2 aliphatic heterocycles. The summed E-state index contributed by atoms with van der Waals surface area (Å²) in [5, 5.41) is 10.8. The smallest absolute Gasteiger partial charge is 0.261 e. The van der Waals surface area contributed by atoms with Gasteiger partial charge in [-0.25, -0.2) is 4.98 Å². The molecule has 5 rings (SSSR count). The van der Waals surface area contributed by atoms with Crippen LogP contribution in [0.3, 0.4) is 0 Å². The molecule has 2 aromatic heterocycles. The molecular formula is C21H25N7O. The highest BCUT2D eigenvalue weighted by Gasteiger charge is 2.52. The molecule has 150 valence electrons. The van der Waals surface area contributed by atoms with Crippen LogP contribution in [-0.2, 0) is 0 Å². The van der Waals surface area contributed by atoms with Crippen molar-refractivity contribution in [3.63, 3.8) is 0 Å². The molecular weight excluding hydrogens is 366 g/mol. The second-order valence-electron chi connectivity index (χ2n) is 8.39. The Morgan fingerprint density at radius 3 is 2.72 bits per heavy atom. The standard InChI is InChI=1S/C21H25N7O/c1-12-6-14(28-10-21(11-28)8-27(9-21)13(2)22)7-16-18(12)26-19(25-16)17-15(23-3)4-5-24-20(17)29/h4-7,22H,8-11H2,1-3H3,(H,25,26)(H2,23,24,29). The summed E-state index contributed by atoms with van der Waals surface area (Å²) in [5.74, 6) is 1.23. The lowest BCUT2D eigenvalue weighted by atomic mass is 9.72. The van der Waals surface area contributed by atoms with E-state index in [0.717, 1.165) is 48.5 Å². The topological polar surface area (TPSA) is 104 Å². The van der Waals surface area contributed by atoms with E-state index in [4.69, 9.17) is 10.4 Å². The number of nitrogens with zero attached hydrogens (tertiary/aromatic N) is 3. The van der Waals surface area contributed by atoms with Gasteiger partial charge < -0.3 is 25.1 Å². The molecule has 2 aliphatic rings. The first-order valence-electron chi connectivity index (χ1n) is 9.84. The van der Waals surface area contributed by atoms with Crippen molar-refractivity contribution >= 4 is 28.2 Å². The van der Waals surface area contributed by atoms with Gasteiger partial charge in [0.2, 0.25) is 0 Å². The molecule has 0 aliphatic carbocycles. The van der Waals surface area contributed by atoms with Gasteiger partial charge in [-0.3, -0.25) is 10.2 Å². The molecule has 8 nitrogen and oxygen atoms in total. The van der Waals surface area contributed by atoms with Gasteiger partial charge in [0.15, 0.2) is 0 Å². The van der Waals surface area contributed by atoms with Crippen LogP contribution < -0.4 is 15.8 Å². The Bertz CT molecular complexity index is 1180. The summed E-state index contributed by atoms with van der Waals surface area (Å²) >= 11 is 0. The normalized spacial score (nSPS) is 17.3. The number of rotatable bonds is 3. The highest BCUT2D eigenvalue weighted by atomic mass is 16.1. The van der Waals surface area contributed by atoms with E-state index in [9.17, 15) is 4.79 Å². The molecule has 8 heteroatoms. The quantitative estimate of drug-likeness (QED) is 0.405. The Kier molecular flexibility index (Phi) is 3.74. The maximum atomic E-state index is 12.4. The van der Waals surface area contributed by atoms with Crippen LogP contribution in [0, 0.1) is 17.7 Å². The van der Waals surface area contributed by atoms with Gasteiger partial charge in [0.25, 0.3) is 5.56 Å². The van der Waals surface area contributed by atoms with Crippen LogP contribution in [0.2, 0.25) is 0 Å². The first-order chi connectivity index (χ1) is 13.9. The lowest BCUT2D eigenvalue weighted by Crippen LogP contribution is -2.72. The van der Waals surface area contributed by atoms with Gasteiger partial charge >= 0.3 is 0 Å². The van der Waals surface area contributed by atoms with Crippen LogP contribution in [0.25, 0.3) is 22.4 Å². The summed E-state index contributed by atoms with van der Waals surface area (Å²) in [7, 11) is 1.80. The molecule has 0 unspecified atom stereocenters. The Balaban J connectivity index is 1.45. The zero-order chi connectivity index (χ0) is 20.3. The van der Waals surface area contributed by atoms with Crippen LogP contribution in [0.15, 0.2) is 29.2 Å². The predicted octanol–water partition coefficient (Wildman–Crippen LogP) is 2.39. The third-order valence-electron chi connectivity index (χ3n) is 6.17. The maximum absolute atomic E-state index is 12.4. The largest absolute Gasteiger partial charge is 0.387 e. The number of hydrogen-bond donors (Lipinski definition) is 4. The highest BCUT2D eigenvalue weighted by molar-refractivity contribution is 5.87. The lowest BCUT2D eigenvalue weighted by Gasteiger charge is -2.61. The van der Waals surface area contributed by atoms with E-state index in [1.54, 1.807) is 13.2 Å². The molecule has 0 saturated carbocycles. The third-order valence-corrected chi connectivity index (χ3v) is 6.17. The molecule has 0 radical (unpaired) electrons. The fourth-order valence-electron chi connectivity index (χ4n) is 4.64. The van der Waals surface area contributed by atoms with E-state index < -0.39 is 0 Å². The molecule has 0 bridgehead atoms. The van der Waals surface area contributed by atoms with Crippen molar-refractivity contribution in [1.29, 1.82) is 5.41 Å². The van der Waals surface area contributed by atoms with E-state index in [1.165, 1.54) is 5.69 Å². The average Bonchev–Trinajstić information content (AvgIpc) is 3.03. The van der Waals surface area contributed by atoms with Gasteiger partial charge in [-0.05, 0) is 37.6 Å². The van der Waals surface area contributed by atoms with E-state index >= 15 is 0 Å². The first-order valence-corrected chi connectivity index (χ1v) is 9.84. The summed E-state index contributed by atoms with van der Waals surface area (Å²) in [5.41, 5.74) is 5.52. The molecule has 3 aromatic rings. The highest BCUT2D eigenvalue weighted by Crippen LogP contribution is 2.42. The summed E-state index contributed by atoms with van der Waals surface area (Å²) in [6.45, 7) is 7.92. The van der Waals surface area contributed by atoms with Gasteiger partial charge in [0.05, 0.1) is 22.6 Å². The number of nitrogens with one attached hydrogen (secondary N) is 4. The Hall–Kier alpha value is -3.29. The minimum Gasteiger partial charge on any atom is -0.387 e. The molecule has 29 heavy (non-hydrogen) atoms. The Morgan fingerprint density at radius 1 is 1.28 bits per heavy atom. The number of hydrogen-bond acceptors (Lipinski definition) is 5.